The summed E-state index contributed by atoms with van der Waals surface area (Å²) in [5.41, 5.74) is 3.56. The van der Waals surface area contributed by atoms with Crippen molar-refractivity contribution >= 4 is 17.0 Å². The minimum atomic E-state index is -0.250. The molecule has 29 heavy (non-hydrogen) atoms. The van der Waals surface area contributed by atoms with E-state index in [0.717, 1.165) is 41.9 Å². The molecule has 0 aliphatic carbocycles. The molecule has 3 aromatic rings. The molecule has 4 heterocycles. The number of aliphatic hydroxyl groups excluding tert-OH is 2. The Hall–Kier alpha value is -2.58. The Bertz CT molecular complexity index is 1000. The molecule has 2 atom stereocenters. The van der Waals surface area contributed by atoms with Crippen LogP contribution in [0, 0.1) is 5.92 Å². The van der Waals surface area contributed by atoms with E-state index in [9.17, 15) is 10.2 Å². The van der Waals surface area contributed by atoms with Crippen LogP contribution in [-0.2, 0) is 13.0 Å². The first-order valence-corrected chi connectivity index (χ1v) is 10.2. The van der Waals surface area contributed by atoms with E-state index >= 15 is 0 Å². The van der Waals surface area contributed by atoms with Gasteiger partial charge in [-0.15, -0.1) is 0 Å². The van der Waals surface area contributed by atoms with Gasteiger partial charge in [0.1, 0.15) is 17.9 Å². The van der Waals surface area contributed by atoms with Gasteiger partial charge in [0.2, 0.25) is 5.95 Å². The zero-order chi connectivity index (χ0) is 20.5. The molecule has 1 aliphatic heterocycles. The van der Waals surface area contributed by atoms with Crippen molar-refractivity contribution in [3.05, 3.63) is 41.7 Å². The Morgan fingerprint density at radius 2 is 2.03 bits per heavy atom. The first-order chi connectivity index (χ1) is 14.0. The summed E-state index contributed by atoms with van der Waals surface area (Å²) in [4.78, 5) is 20.4. The van der Waals surface area contributed by atoms with Gasteiger partial charge in [0.15, 0.2) is 0 Å². The molecule has 0 unspecified atom stereocenters. The quantitative estimate of drug-likeness (QED) is 0.681. The van der Waals surface area contributed by atoms with Crippen molar-refractivity contribution in [1.82, 2.24) is 24.5 Å². The summed E-state index contributed by atoms with van der Waals surface area (Å²) in [6, 6.07) is 4.14. The maximum atomic E-state index is 9.96. The molecule has 1 fully saturated rings. The molecular formula is C21H28N6O2. The monoisotopic (exact) mass is 396 g/mol. The Balaban J connectivity index is 1.59. The number of pyridine rings is 1. The van der Waals surface area contributed by atoms with Crippen LogP contribution < -0.4 is 4.90 Å². The molecule has 0 amide bonds. The normalized spacial score (nSPS) is 20.0. The smallest absolute Gasteiger partial charge is 0.225 e. The SMILES string of the molecule is CC(C)n1c(CO)nc2cnc(Cc3ccnc(N4CC[C@@H](O)[C@H](C)C4)n3)cc21. The minimum Gasteiger partial charge on any atom is -0.393 e. The number of hydrogen-bond acceptors (Lipinski definition) is 7. The lowest BCUT2D eigenvalue weighted by Crippen LogP contribution is -2.42. The van der Waals surface area contributed by atoms with Gasteiger partial charge in [-0.05, 0) is 38.3 Å². The molecule has 3 aromatic heterocycles. The number of aliphatic hydroxyl groups is 2. The maximum absolute atomic E-state index is 9.96. The molecule has 8 heteroatoms. The molecule has 2 N–H and O–H groups in total. The van der Waals surface area contributed by atoms with E-state index in [1.54, 1.807) is 12.4 Å². The highest BCUT2D eigenvalue weighted by Gasteiger charge is 2.25. The standard InChI is InChI=1S/C21H28N6O2/c1-13(2)27-18-9-16(23-10-17(18)25-20(27)12-28)8-15-4-6-22-21(24-15)26-7-5-19(29)14(3)11-26/h4,6,9-10,13-14,19,28-29H,5,7-8,11-12H2,1-3H3/t14-,19-/m1/s1. The largest absolute Gasteiger partial charge is 0.393 e. The Labute approximate surface area is 170 Å². The van der Waals surface area contributed by atoms with E-state index in [0.29, 0.717) is 18.2 Å². The van der Waals surface area contributed by atoms with Crippen LogP contribution in [-0.4, -0.2) is 53.9 Å². The van der Waals surface area contributed by atoms with Gasteiger partial charge in [0.05, 0.1) is 23.5 Å². The summed E-state index contributed by atoms with van der Waals surface area (Å²) in [6.45, 7) is 7.63. The average molecular weight is 396 g/mol. The molecule has 0 bridgehead atoms. The van der Waals surface area contributed by atoms with Crippen LogP contribution in [0.1, 0.15) is 50.4 Å². The van der Waals surface area contributed by atoms with E-state index in [1.165, 1.54) is 0 Å². The van der Waals surface area contributed by atoms with Crippen LogP contribution in [0.4, 0.5) is 5.95 Å². The van der Waals surface area contributed by atoms with Gasteiger partial charge in [-0.1, -0.05) is 6.92 Å². The molecule has 1 saturated heterocycles. The van der Waals surface area contributed by atoms with E-state index in [2.05, 4.69) is 40.6 Å². The number of piperidine rings is 1. The molecule has 8 nitrogen and oxygen atoms in total. The number of rotatable bonds is 5. The second-order valence-corrected chi connectivity index (χ2v) is 8.12. The van der Waals surface area contributed by atoms with Crippen molar-refractivity contribution in [2.75, 3.05) is 18.0 Å². The lowest BCUT2D eigenvalue weighted by molar-refractivity contribution is 0.0966. The zero-order valence-electron chi connectivity index (χ0n) is 17.2. The van der Waals surface area contributed by atoms with Crippen LogP contribution in [0.3, 0.4) is 0 Å². The molecular weight excluding hydrogens is 368 g/mol. The van der Waals surface area contributed by atoms with E-state index < -0.39 is 0 Å². The van der Waals surface area contributed by atoms with Crippen LogP contribution in [0.25, 0.3) is 11.0 Å². The number of hydrogen-bond donors (Lipinski definition) is 2. The van der Waals surface area contributed by atoms with Crippen LogP contribution >= 0.6 is 0 Å². The third-order valence-electron chi connectivity index (χ3n) is 5.57. The second kappa shape index (κ2) is 8.04. The summed E-state index contributed by atoms with van der Waals surface area (Å²) < 4.78 is 2.05. The van der Waals surface area contributed by atoms with E-state index in [-0.39, 0.29) is 24.7 Å². The zero-order valence-corrected chi connectivity index (χ0v) is 17.2. The van der Waals surface area contributed by atoms with Gasteiger partial charge in [0, 0.05) is 37.4 Å². The van der Waals surface area contributed by atoms with Crippen molar-refractivity contribution in [3.8, 4) is 0 Å². The van der Waals surface area contributed by atoms with Crippen molar-refractivity contribution in [2.45, 2.75) is 52.4 Å². The number of aromatic nitrogens is 5. The maximum Gasteiger partial charge on any atom is 0.225 e. The summed E-state index contributed by atoms with van der Waals surface area (Å²) >= 11 is 0. The number of imidazole rings is 1. The third kappa shape index (κ3) is 3.95. The molecule has 0 aromatic carbocycles. The summed E-state index contributed by atoms with van der Waals surface area (Å²) in [6.07, 6.45) is 4.63. The Kier molecular flexibility index (Phi) is 5.47. The predicted molar refractivity (Wildman–Crippen MR) is 111 cm³/mol. The Morgan fingerprint density at radius 1 is 1.21 bits per heavy atom. The first kappa shape index (κ1) is 19.7. The summed E-state index contributed by atoms with van der Waals surface area (Å²) in [5, 5.41) is 19.6. The average Bonchev–Trinajstić information content (AvgIpc) is 3.08. The van der Waals surface area contributed by atoms with Gasteiger partial charge in [-0.2, -0.15) is 0 Å². The lowest BCUT2D eigenvalue weighted by atomic mass is 9.97. The lowest BCUT2D eigenvalue weighted by Gasteiger charge is -2.34. The van der Waals surface area contributed by atoms with Crippen molar-refractivity contribution in [2.24, 2.45) is 5.92 Å². The third-order valence-corrected chi connectivity index (χ3v) is 5.57. The Morgan fingerprint density at radius 3 is 2.76 bits per heavy atom. The van der Waals surface area contributed by atoms with E-state index in [4.69, 9.17) is 4.98 Å². The van der Waals surface area contributed by atoms with Crippen molar-refractivity contribution in [3.63, 3.8) is 0 Å². The van der Waals surface area contributed by atoms with Crippen LogP contribution in [0.5, 0.6) is 0 Å². The molecule has 1 aliphatic rings. The van der Waals surface area contributed by atoms with Crippen molar-refractivity contribution < 1.29 is 10.2 Å². The van der Waals surface area contributed by atoms with Crippen molar-refractivity contribution in [1.29, 1.82) is 0 Å². The van der Waals surface area contributed by atoms with Gasteiger partial charge in [-0.25, -0.2) is 15.0 Å². The van der Waals surface area contributed by atoms with Gasteiger partial charge in [-0.3, -0.25) is 4.98 Å². The van der Waals surface area contributed by atoms with Crippen LogP contribution in [0.15, 0.2) is 24.5 Å². The highest BCUT2D eigenvalue weighted by Crippen LogP contribution is 2.23. The number of nitrogens with zero attached hydrogens (tertiary/aromatic N) is 6. The fourth-order valence-electron chi connectivity index (χ4n) is 4.01. The second-order valence-electron chi connectivity index (χ2n) is 8.12. The molecule has 0 saturated carbocycles. The number of anilines is 1. The highest BCUT2D eigenvalue weighted by molar-refractivity contribution is 5.75. The fourth-order valence-corrected chi connectivity index (χ4v) is 4.01. The molecule has 0 spiro atoms. The van der Waals surface area contributed by atoms with Gasteiger partial charge >= 0.3 is 0 Å². The molecule has 4 rings (SSSR count). The molecule has 0 radical (unpaired) electrons. The van der Waals surface area contributed by atoms with Crippen LogP contribution in [0.2, 0.25) is 0 Å². The first-order valence-electron chi connectivity index (χ1n) is 10.2. The van der Waals surface area contributed by atoms with Gasteiger partial charge < -0.3 is 19.7 Å². The minimum absolute atomic E-state index is 0.0968. The summed E-state index contributed by atoms with van der Waals surface area (Å²) in [7, 11) is 0. The highest BCUT2D eigenvalue weighted by atomic mass is 16.3. The topological polar surface area (TPSA) is 100 Å². The fraction of sp³-hybridized carbons (Fsp3) is 0.524. The molecule has 154 valence electrons. The number of fused-ring (bicyclic) bond motifs is 1. The van der Waals surface area contributed by atoms with E-state index in [1.807, 2.05) is 16.7 Å². The predicted octanol–water partition coefficient (Wildman–Crippen LogP) is 2.09. The summed E-state index contributed by atoms with van der Waals surface area (Å²) in [5.74, 6) is 1.56. The van der Waals surface area contributed by atoms with Gasteiger partial charge in [0.25, 0.3) is 0 Å².